The van der Waals surface area contributed by atoms with Gasteiger partial charge in [0.25, 0.3) is 5.91 Å². The summed E-state index contributed by atoms with van der Waals surface area (Å²) in [7, 11) is 0. The Morgan fingerprint density at radius 1 is 1.33 bits per heavy atom. The lowest BCUT2D eigenvalue weighted by molar-refractivity contribution is -0.112. The fraction of sp³-hybridized carbons (Fsp3) is 0.0625. The highest BCUT2D eigenvalue weighted by atomic mass is 35.5. The van der Waals surface area contributed by atoms with Crippen molar-refractivity contribution in [2.45, 2.75) is 6.92 Å². The van der Waals surface area contributed by atoms with E-state index in [9.17, 15) is 4.79 Å². The molecule has 0 radical (unpaired) electrons. The molecule has 0 unspecified atom stereocenters. The molecule has 21 heavy (non-hydrogen) atoms. The fourth-order valence-corrected chi connectivity index (χ4v) is 1.70. The van der Waals surface area contributed by atoms with Crippen molar-refractivity contribution in [3.63, 3.8) is 0 Å². The van der Waals surface area contributed by atoms with Gasteiger partial charge in [0.05, 0.1) is 0 Å². The number of carbonyl (C=O) groups excluding carboxylic acids is 1. The molecular formula is C16H14ClN3O. The number of carbonyl (C=O) groups is 1. The molecule has 1 aromatic heterocycles. The van der Waals surface area contributed by atoms with Gasteiger partial charge in [0, 0.05) is 18.1 Å². The van der Waals surface area contributed by atoms with E-state index in [0.29, 0.717) is 11.3 Å². The van der Waals surface area contributed by atoms with Crippen LogP contribution in [0.2, 0.25) is 0 Å². The summed E-state index contributed by atoms with van der Waals surface area (Å²) in [4.78, 5) is 16.0. The minimum atomic E-state index is -0.429. The maximum atomic E-state index is 12.0. The minimum absolute atomic E-state index is 0. The lowest BCUT2D eigenvalue weighted by Gasteiger charge is -2.05. The molecule has 106 valence electrons. The Morgan fingerprint density at radius 3 is 2.76 bits per heavy atom. The van der Waals surface area contributed by atoms with Gasteiger partial charge in [-0.15, -0.1) is 12.4 Å². The number of anilines is 1. The van der Waals surface area contributed by atoms with E-state index in [2.05, 4.69) is 10.3 Å². The van der Waals surface area contributed by atoms with E-state index in [-0.39, 0.29) is 18.0 Å². The van der Waals surface area contributed by atoms with Crippen molar-refractivity contribution in [2.75, 3.05) is 5.32 Å². The van der Waals surface area contributed by atoms with Crippen molar-refractivity contribution >= 4 is 30.1 Å². The summed E-state index contributed by atoms with van der Waals surface area (Å²) in [6.07, 6.45) is 4.74. The van der Waals surface area contributed by atoms with Gasteiger partial charge in [-0.05, 0) is 42.3 Å². The molecule has 2 rings (SSSR count). The van der Waals surface area contributed by atoms with Gasteiger partial charge in [-0.2, -0.15) is 5.26 Å². The predicted octanol–water partition coefficient (Wildman–Crippen LogP) is 3.36. The third-order valence-electron chi connectivity index (χ3n) is 2.64. The molecule has 0 spiro atoms. The van der Waals surface area contributed by atoms with E-state index >= 15 is 0 Å². The number of benzene rings is 1. The highest BCUT2D eigenvalue weighted by Gasteiger charge is 2.09. The average Bonchev–Trinajstić information content (AvgIpc) is 2.45. The monoisotopic (exact) mass is 299 g/mol. The van der Waals surface area contributed by atoms with E-state index in [0.717, 1.165) is 5.56 Å². The Labute approximate surface area is 129 Å². The number of hydrogen-bond donors (Lipinski definition) is 1. The fourth-order valence-electron chi connectivity index (χ4n) is 1.70. The zero-order valence-corrected chi connectivity index (χ0v) is 12.2. The Balaban J connectivity index is 0.00000220. The van der Waals surface area contributed by atoms with Gasteiger partial charge in [-0.1, -0.05) is 18.2 Å². The first-order valence-corrected chi connectivity index (χ1v) is 6.09. The number of amides is 1. The summed E-state index contributed by atoms with van der Waals surface area (Å²) >= 11 is 0. The number of nitrogens with zero attached hydrogens (tertiary/aromatic N) is 2. The molecule has 4 nitrogen and oxygen atoms in total. The van der Waals surface area contributed by atoms with E-state index in [1.165, 1.54) is 6.08 Å². The second-order valence-corrected chi connectivity index (χ2v) is 4.28. The molecule has 1 amide bonds. The normalized spacial score (nSPS) is 10.2. The summed E-state index contributed by atoms with van der Waals surface area (Å²) in [6, 6.07) is 12.8. The smallest absolute Gasteiger partial charge is 0.266 e. The molecule has 0 fully saturated rings. The molecule has 2 aromatic rings. The van der Waals surface area contributed by atoms with Crippen LogP contribution in [0, 0.1) is 18.3 Å². The van der Waals surface area contributed by atoms with Crippen molar-refractivity contribution in [1.82, 2.24) is 4.98 Å². The summed E-state index contributed by atoms with van der Waals surface area (Å²) in [6.45, 7) is 1.94. The predicted molar refractivity (Wildman–Crippen MR) is 84.9 cm³/mol. The molecule has 0 atom stereocenters. The van der Waals surface area contributed by atoms with Gasteiger partial charge in [0.1, 0.15) is 11.6 Å². The maximum absolute atomic E-state index is 12.0. The number of rotatable bonds is 3. The zero-order valence-electron chi connectivity index (χ0n) is 11.4. The van der Waals surface area contributed by atoms with Crippen LogP contribution in [0.4, 0.5) is 5.69 Å². The molecule has 0 aliphatic heterocycles. The van der Waals surface area contributed by atoms with Crippen LogP contribution in [-0.2, 0) is 4.79 Å². The van der Waals surface area contributed by atoms with Crippen LogP contribution < -0.4 is 5.32 Å². The first-order valence-electron chi connectivity index (χ1n) is 6.09. The van der Waals surface area contributed by atoms with E-state index in [1.54, 1.807) is 30.6 Å². The summed E-state index contributed by atoms with van der Waals surface area (Å²) in [5.74, 6) is -0.429. The van der Waals surface area contributed by atoms with Crippen LogP contribution in [0.15, 0.2) is 54.4 Å². The van der Waals surface area contributed by atoms with Crippen LogP contribution in [0.25, 0.3) is 6.08 Å². The van der Waals surface area contributed by atoms with E-state index in [1.807, 2.05) is 31.2 Å². The van der Waals surface area contributed by atoms with Gasteiger partial charge in [0.2, 0.25) is 0 Å². The van der Waals surface area contributed by atoms with Crippen LogP contribution in [-0.4, -0.2) is 10.9 Å². The standard InChI is InChI=1S/C16H13N3O.ClH/c1-12-4-2-6-15(8-12)19-16(20)14(10-17)9-13-5-3-7-18-11-13;/h2-9,11H,1H3,(H,19,20);1H/b14-9-;. The summed E-state index contributed by atoms with van der Waals surface area (Å²) < 4.78 is 0. The van der Waals surface area contributed by atoms with Gasteiger partial charge >= 0.3 is 0 Å². The molecule has 1 heterocycles. The van der Waals surface area contributed by atoms with Gasteiger partial charge in [0.15, 0.2) is 0 Å². The molecule has 0 bridgehead atoms. The average molecular weight is 300 g/mol. The first-order chi connectivity index (χ1) is 9.69. The maximum Gasteiger partial charge on any atom is 0.266 e. The Bertz CT molecular complexity index is 690. The minimum Gasteiger partial charge on any atom is -0.321 e. The third kappa shape index (κ3) is 4.75. The quantitative estimate of drug-likeness (QED) is 0.698. The lowest BCUT2D eigenvalue weighted by Crippen LogP contribution is -2.13. The number of nitriles is 1. The molecule has 5 heteroatoms. The lowest BCUT2D eigenvalue weighted by atomic mass is 10.1. The highest BCUT2D eigenvalue weighted by molar-refractivity contribution is 6.09. The van der Waals surface area contributed by atoms with Gasteiger partial charge < -0.3 is 5.32 Å². The molecule has 0 saturated heterocycles. The van der Waals surface area contributed by atoms with Crippen molar-refractivity contribution in [3.05, 3.63) is 65.5 Å². The number of aromatic nitrogens is 1. The first kappa shape index (κ1) is 16.4. The van der Waals surface area contributed by atoms with Crippen LogP contribution in [0.3, 0.4) is 0 Å². The number of nitrogens with one attached hydrogen (secondary N) is 1. The van der Waals surface area contributed by atoms with Crippen LogP contribution in [0.1, 0.15) is 11.1 Å². The van der Waals surface area contributed by atoms with E-state index < -0.39 is 5.91 Å². The van der Waals surface area contributed by atoms with E-state index in [4.69, 9.17) is 5.26 Å². The molecule has 0 aliphatic rings. The second-order valence-electron chi connectivity index (χ2n) is 4.28. The number of aryl methyl sites for hydroxylation is 1. The van der Waals surface area contributed by atoms with Crippen LogP contribution >= 0.6 is 12.4 Å². The van der Waals surface area contributed by atoms with Crippen molar-refractivity contribution in [2.24, 2.45) is 0 Å². The largest absolute Gasteiger partial charge is 0.321 e. The van der Waals surface area contributed by atoms with Crippen molar-refractivity contribution < 1.29 is 4.79 Å². The van der Waals surface area contributed by atoms with Crippen molar-refractivity contribution in [3.8, 4) is 6.07 Å². The van der Waals surface area contributed by atoms with Crippen LogP contribution in [0.5, 0.6) is 0 Å². The Hall–Kier alpha value is -2.64. The van der Waals surface area contributed by atoms with Crippen molar-refractivity contribution in [1.29, 1.82) is 5.26 Å². The number of halogens is 1. The Morgan fingerprint density at radius 2 is 2.14 bits per heavy atom. The molecule has 0 saturated carbocycles. The van der Waals surface area contributed by atoms with Gasteiger partial charge in [-0.3, -0.25) is 9.78 Å². The number of pyridine rings is 1. The Kier molecular flexibility index (Phi) is 6.12. The summed E-state index contributed by atoms with van der Waals surface area (Å²) in [5, 5.41) is 11.8. The molecule has 0 aliphatic carbocycles. The third-order valence-corrected chi connectivity index (χ3v) is 2.64. The molecular weight excluding hydrogens is 286 g/mol. The SMILES string of the molecule is Cc1cccc(NC(=O)/C(C#N)=C\c2cccnc2)c1.Cl. The topological polar surface area (TPSA) is 65.8 Å². The zero-order chi connectivity index (χ0) is 14.4. The highest BCUT2D eigenvalue weighted by Crippen LogP contribution is 2.12. The second kappa shape index (κ2) is 7.83. The number of hydrogen-bond acceptors (Lipinski definition) is 3. The molecule has 1 aromatic carbocycles. The summed E-state index contributed by atoms with van der Waals surface area (Å²) in [5.41, 5.74) is 2.46. The van der Waals surface area contributed by atoms with Gasteiger partial charge in [-0.25, -0.2) is 0 Å². The molecule has 1 N–H and O–H groups in total.